The summed E-state index contributed by atoms with van der Waals surface area (Å²) in [5.74, 6) is 6.09. The van der Waals surface area contributed by atoms with E-state index in [4.69, 9.17) is 5.84 Å². The van der Waals surface area contributed by atoms with E-state index in [9.17, 15) is 9.59 Å². The smallest absolute Gasteiger partial charge is 0.407 e. The molecule has 2 heterocycles. The van der Waals surface area contributed by atoms with Gasteiger partial charge >= 0.3 is 6.09 Å². The van der Waals surface area contributed by atoms with E-state index in [-0.39, 0.29) is 24.0 Å². The molecule has 1 aromatic rings. The molecular formula is C20H29N5O3. The van der Waals surface area contributed by atoms with Crippen molar-refractivity contribution >= 4 is 17.7 Å². The molecule has 152 valence electrons. The third kappa shape index (κ3) is 4.06. The highest BCUT2D eigenvalue weighted by Crippen LogP contribution is 2.28. The quantitative estimate of drug-likeness (QED) is 0.662. The molecule has 2 amide bonds. The van der Waals surface area contributed by atoms with Crippen molar-refractivity contribution in [2.45, 2.75) is 44.9 Å². The summed E-state index contributed by atoms with van der Waals surface area (Å²) in [4.78, 5) is 26.7. The highest BCUT2D eigenvalue weighted by molar-refractivity contribution is 5.86. The molecule has 1 aromatic carbocycles. The van der Waals surface area contributed by atoms with Crippen molar-refractivity contribution < 1.29 is 14.3 Å². The van der Waals surface area contributed by atoms with Gasteiger partial charge in [0.05, 0.1) is 18.8 Å². The standard InChI is InChI=1S/C20H29N5O3/c1-13(2)17(23-20(27)28-3)19(26)24-11-7-10-16(24)18-22-15(12-25(18)21)14-8-5-4-6-9-14/h4-6,8-9,12-13,16-18,22H,7,10-11,21H2,1-3H3,(H,23,27)/t16-,17-,18?/m0/s1. The first-order valence-corrected chi connectivity index (χ1v) is 9.64. The number of hydrazine groups is 1. The van der Waals surface area contributed by atoms with Crippen LogP contribution >= 0.6 is 0 Å². The van der Waals surface area contributed by atoms with Crippen LogP contribution in [-0.2, 0) is 9.53 Å². The molecule has 3 atom stereocenters. The van der Waals surface area contributed by atoms with E-state index in [1.165, 1.54) is 7.11 Å². The maximum Gasteiger partial charge on any atom is 0.407 e. The zero-order chi connectivity index (χ0) is 20.3. The van der Waals surface area contributed by atoms with Crippen LogP contribution in [0.5, 0.6) is 0 Å². The van der Waals surface area contributed by atoms with E-state index in [2.05, 4.69) is 15.4 Å². The van der Waals surface area contributed by atoms with Crippen LogP contribution in [0.2, 0.25) is 0 Å². The molecule has 3 rings (SSSR count). The number of amides is 2. The van der Waals surface area contributed by atoms with Gasteiger partial charge in [-0.2, -0.15) is 0 Å². The maximum atomic E-state index is 13.2. The lowest BCUT2D eigenvalue weighted by Gasteiger charge is -2.36. The van der Waals surface area contributed by atoms with Crippen molar-refractivity contribution in [1.82, 2.24) is 20.5 Å². The van der Waals surface area contributed by atoms with Crippen LogP contribution in [0.15, 0.2) is 36.5 Å². The number of likely N-dealkylation sites (tertiary alicyclic amines) is 1. The van der Waals surface area contributed by atoms with E-state index >= 15 is 0 Å². The van der Waals surface area contributed by atoms with Crippen LogP contribution < -0.4 is 16.5 Å². The number of nitrogens with one attached hydrogen (secondary N) is 2. The van der Waals surface area contributed by atoms with E-state index in [1.807, 2.05) is 55.3 Å². The first-order valence-electron chi connectivity index (χ1n) is 9.64. The van der Waals surface area contributed by atoms with Gasteiger partial charge in [-0.05, 0) is 24.3 Å². The number of hydrogen-bond acceptors (Lipinski definition) is 6. The fourth-order valence-corrected chi connectivity index (χ4v) is 3.84. The van der Waals surface area contributed by atoms with E-state index < -0.39 is 12.1 Å². The first kappa shape index (κ1) is 20.0. The van der Waals surface area contributed by atoms with Gasteiger partial charge in [-0.15, -0.1) is 0 Å². The fraction of sp³-hybridized carbons (Fsp3) is 0.500. The van der Waals surface area contributed by atoms with Crippen LogP contribution in [-0.4, -0.2) is 53.8 Å². The molecule has 1 fully saturated rings. The molecule has 2 aliphatic heterocycles. The summed E-state index contributed by atoms with van der Waals surface area (Å²) >= 11 is 0. The molecule has 8 heteroatoms. The van der Waals surface area contributed by atoms with Gasteiger partial charge < -0.3 is 20.3 Å². The molecule has 28 heavy (non-hydrogen) atoms. The topological polar surface area (TPSA) is 99.9 Å². The second-order valence-corrected chi connectivity index (χ2v) is 7.54. The minimum Gasteiger partial charge on any atom is -0.453 e. The minimum atomic E-state index is -0.637. The van der Waals surface area contributed by atoms with Gasteiger partial charge in [0, 0.05) is 12.7 Å². The Balaban J connectivity index is 1.74. The van der Waals surface area contributed by atoms with Gasteiger partial charge in [0.15, 0.2) is 0 Å². The van der Waals surface area contributed by atoms with Crippen LogP contribution in [0.25, 0.3) is 5.70 Å². The second-order valence-electron chi connectivity index (χ2n) is 7.54. The lowest BCUT2D eigenvalue weighted by Crippen LogP contribution is -2.59. The number of rotatable bonds is 5. The van der Waals surface area contributed by atoms with Crippen LogP contribution in [0.4, 0.5) is 4.79 Å². The van der Waals surface area contributed by atoms with Crippen molar-refractivity contribution in [3.05, 3.63) is 42.1 Å². The third-order valence-corrected chi connectivity index (χ3v) is 5.33. The van der Waals surface area contributed by atoms with Crippen LogP contribution in [0.3, 0.4) is 0 Å². The van der Waals surface area contributed by atoms with Gasteiger partial charge in [0.25, 0.3) is 0 Å². The van der Waals surface area contributed by atoms with Crippen molar-refractivity contribution in [1.29, 1.82) is 0 Å². The summed E-state index contributed by atoms with van der Waals surface area (Å²) in [6, 6.07) is 9.22. The average molecular weight is 387 g/mol. The molecule has 2 aliphatic rings. The molecule has 0 aliphatic carbocycles. The Kier molecular flexibility index (Phi) is 6.08. The van der Waals surface area contributed by atoms with E-state index in [1.54, 1.807) is 5.01 Å². The van der Waals surface area contributed by atoms with Gasteiger partial charge in [-0.25, -0.2) is 10.6 Å². The van der Waals surface area contributed by atoms with Gasteiger partial charge in [-0.1, -0.05) is 44.2 Å². The lowest BCUT2D eigenvalue weighted by atomic mass is 10.0. The van der Waals surface area contributed by atoms with Gasteiger partial charge in [0.1, 0.15) is 12.2 Å². The number of alkyl carbamates (subject to hydrolysis) is 1. The molecule has 8 nitrogen and oxygen atoms in total. The molecule has 0 saturated carbocycles. The Hall–Kier alpha value is -2.74. The highest BCUT2D eigenvalue weighted by atomic mass is 16.5. The first-order chi connectivity index (χ1) is 13.4. The lowest BCUT2D eigenvalue weighted by molar-refractivity contribution is -0.136. The molecule has 0 aromatic heterocycles. The Morgan fingerprint density at radius 2 is 2.00 bits per heavy atom. The fourth-order valence-electron chi connectivity index (χ4n) is 3.84. The zero-order valence-corrected chi connectivity index (χ0v) is 16.6. The molecule has 1 saturated heterocycles. The molecule has 4 N–H and O–H groups in total. The number of nitrogens with zero attached hydrogens (tertiary/aromatic N) is 2. The predicted octanol–water partition coefficient (Wildman–Crippen LogP) is 1.46. The molecular weight excluding hydrogens is 358 g/mol. The molecule has 1 unspecified atom stereocenters. The Labute approximate surface area is 165 Å². The number of nitrogens with two attached hydrogens (primary N) is 1. The number of carbonyl (C=O) groups is 2. The normalized spacial score (nSPS) is 22.7. The summed E-state index contributed by atoms with van der Waals surface area (Å²) in [6.45, 7) is 4.45. The summed E-state index contributed by atoms with van der Waals surface area (Å²) in [5.41, 5.74) is 1.98. The average Bonchev–Trinajstić information content (AvgIpc) is 3.32. The van der Waals surface area contributed by atoms with Crippen LogP contribution in [0, 0.1) is 5.92 Å². The second kappa shape index (κ2) is 8.52. The summed E-state index contributed by atoms with van der Waals surface area (Å²) < 4.78 is 4.68. The summed E-state index contributed by atoms with van der Waals surface area (Å²) in [6.07, 6.45) is 2.79. The largest absolute Gasteiger partial charge is 0.453 e. The number of methoxy groups -OCH3 is 1. The van der Waals surface area contributed by atoms with Crippen molar-refractivity contribution in [2.75, 3.05) is 13.7 Å². The zero-order valence-electron chi connectivity index (χ0n) is 16.6. The SMILES string of the molecule is COC(=O)N[C@H](C(=O)N1CCC[C@H]1C1NC(c2ccccc2)=CN1N)C(C)C. The Morgan fingerprint density at radius 3 is 2.64 bits per heavy atom. The van der Waals surface area contributed by atoms with E-state index in [0.717, 1.165) is 24.1 Å². The summed E-state index contributed by atoms with van der Waals surface area (Å²) in [7, 11) is 1.29. The van der Waals surface area contributed by atoms with Crippen molar-refractivity contribution in [3.63, 3.8) is 0 Å². The predicted molar refractivity (Wildman–Crippen MR) is 106 cm³/mol. The highest BCUT2D eigenvalue weighted by Gasteiger charge is 2.42. The monoisotopic (exact) mass is 387 g/mol. The summed E-state index contributed by atoms with van der Waals surface area (Å²) in [5, 5.41) is 7.76. The third-order valence-electron chi connectivity index (χ3n) is 5.33. The van der Waals surface area contributed by atoms with E-state index in [0.29, 0.717) is 6.54 Å². The maximum absolute atomic E-state index is 13.2. The number of hydrogen-bond donors (Lipinski definition) is 3. The molecule has 0 bridgehead atoms. The van der Waals surface area contributed by atoms with Gasteiger partial charge in [-0.3, -0.25) is 9.80 Å². The van der Waals surface area contributed by atoms with Gasteiger partial charge in [0.2, 0.25) is 5.91 Å². The van der Waals surface area contributed by atoms with Crippen LogP contribution in [0.1, 0.15) is 32.3 Å². The van der Waals surface area contributed by atoms with Crippen molar-refractivity contribution in [3.8, 4) is 0 Å². The number of benzene rings is 1. The molecule has 0 spiro atoms. The Bertz CT molecular complexity index is 737. The Morgan fingerprint density at radius 1 is 1.29 bits per heavy atom. The molecule has 0 radical (unpaired) electrons. The van der Waals surface area contributed by atoms with Crippen molar-refractivity contribution in [2.24, 2.45) is 11.8 Å². The number of ether oxygens (including phenoxy) is 1. The number of carbonyl (C=O) groups excluding carboxylic acids is 2. The minimum absolute atomic E-state index is 0.0589.